The van der Waals surface area contributed by atoms with Crippen molar-refractivity contribution in [1.29, 1.82) is 0 Å². The molecule has 0 saturated heterocycles. The lowest BCUT2D eigenvalue weighted by molar-refractivity contribution is 0.443. The molecule has 23 rings (SSSR count). The molecule has 18 aromatic rings. The van der Waals surface area contributed by atoms with E-state index in [1.165, 1.54) is 338 Å². The molecule has 0 aromatic heterocycles. The Morgan fingerprint density at radius 2 is 0.295 bits per heavy atom. The zero-order chi connectivity index (χ0) is 86.0. The number of fused-ring (bicyclic) bond motifs is 6. The van der Waals surface area contributed by atoms with Gasteiger partial charge in [0.1, 0.15) is 0 Å². The smallest absolute Gasteiger partial charge is 0.0468 e. The third-order valence-corrected chi connectivity index (χ3v) is 29.6. The van der Waals surface area contributed by atoms with Gasteiger partial charge in [-0.25, -0.2) is 0 Å². The van der Waals surface area contributed by atoms with Crippen molar-refractivity contribution >= 4 is 116 Å². The Bertz CT molecular complexity index is 6730. The van der Waals surface area contributed by atoms with Crippen molar-refractivity contribution in [1.82, 2.24) is 0 Å². The molecule has 5 saturated carbocycles. The highest BCUT2D eigenvalue weighted by atomic mass is 15.2. The third kappa shape index (κ3) is 18.8. The molecule has 3 heteroatoms. The number of hydrogen-bond donors (Lipinski definition) is 0. The SMILES string of the molecule is c1ccc(N(c2ccc(C3CCCCC3)cc2)c2ccc3ccc(-c4ccc5ccccc5c4)cc3c2)cc1.c1ccc2cc(-c3ccc4cc(N(c5ccc(C6CCCCC6)cc5)c5ccc(C6CCCCC6)cc5)ccc4c3)ccc2c1.c1ccc2cc(-c3ccc4ccc(N(c5ccc(C6CCCCC6)cc5)c5ccc(C6CCCCC6)cc5)cc4c3)ccc2c1. The summed E-state index contributed by atoms with van der Waals surface area (Å²) in [6.45, 7) is 0. The fraction of sp³-hybridized carbons (Fsp3) is 0.238. The molecule has 3 nitrogen and oxygen atoms in total. The van der Waals surface area contributed by atoms with Crippen LogP contribution >= 0.6 is 0 Å². The van der Waals surface area contributed by atoms with Crippen LogP contribution in [0.3, 0.4) is 0 Å². The van der Waals surface area contributed by atoms with Crippen LogP contribution in [0.4, 0.5) is 51.2 Å². The molecule has 129 heavy (non-hydrogen) atoms. The number of anilines is 9. The number of benzene rings is 18. The van der Waals surface area contributed by atoms with Crippen LogP contribution in [0.2, 0.25) is 0 Å². The summed E-state index contributed by atoms with van der Waals surface area (Å²) in [5.41, 5.74) is 25.9. The lowest BCUT2D eigenvalue weighted by Gasteiger charge is -2.28. The molecule has 0 atom stereocenters. The molecular formula is C126H119N3. The van der Waals surface area contributed by atoms with Crippen molar-refractivity contribution in [2.45, 2.75) is 190 Å². The Hall–Kier alpha value is -13.1. The first-order valence-corrected chi connectivity index (χ1v) is 48.9. The molecule has 0 spiro atoms. The minimum absolute atomic E-state index is 0.713. The molecule has 638 valence electrons. The van der Waals surface area contributed by atoms with Gasteiger partial charge in [-0.2, -0.15) is 0 Å². The Balaban J connectivity index is 0.000000118. The van der Waals surface area contributed by atoms with E-state index in [0.717, 1.165) is 0 Å². The van der Waals surface area contributed by atoms with E-state index in [2.05, 4.69) is 403 Å². The molecule has 5 aliphatic carbocycles. The van der Waals surface area contributed by atoms with Gasteiger partial charge < -0.3 is 14.7 Å². The minimum atomic E-state index is 0.713. The van der Waals surface area contributed by atoms with Crippen LogP contribution in [0.1, 0.15) is 218 Å². The van der Waals surface area contributed by atoms with Crippen molar-refractivity contribution in [2.75, 3.05) is 14.7 Å². The minimum Gasteiger partial charge on any atom is -0.310 e. The average molecular weight is 1680 g/mol. The molecule has 0 radical (unpaired) electrons. The molecule has 5 aliphatic rings. The van der Waals surface area contributed by atoms with E-state index < -0.39 is 0 Å². The van der Waals surface area contributed by atoms with Gasteiger partial charge in [0, 0.05) is 51.2 Å². The largest absolute Gasteiger partial charge is 0.310 e. The van der Waals surface area contributed by atoms with E-state index in [0.29, 0.717) is 29.6 Å². The van der Waals surface area contributed by atoms with E-state index >= 15 is 0 Å². The van der Waals surface area contributed by atoms with Crippen LogP contribution in [-0.4, -0.2) is 0 Å². The average Bonchev–Trinajstić information content (AvgIpc) is 0.783. The highest BCUT2D eigenvalue weighted by molar-refractivity contribution is 5.98. The molecule has 0 aliphatic heterocycles. The third-order valence-electron chi connectivity index (χ3n) is 29.6. The summed E-state index contributed by atoms with van der Waals surface area (Å²) >= 11 is 0. The normalized spacial score (nSPS) is 15.6. The molecule has 0 N–H and O–H groups in total. The van der Waals surface area contributed by atoms with Crippen LogP contribution < -0.4 is 14.7 Å². The number of rotatable bonds is 17. The van der Waals surface area contributed by atoms with Crippen molar-refractivity contribution < 1.29 is 0 Å². The zero-order valence-electron chi connectivity index (χ0n) is 74.9. The molecule has 18 aromatic carbocycles. The summed E-state index contributed by atoms with van der Waals surface area (Å²) in [5, 5.41) is 15.2. The van der Waals surface area contributed by atoms with Crippen molar-refractivity contribution in [3.8, 4) is 33.4 Å². The van der Waals surface area contributed by atoms with Crippen molar-refractivity contribution in [3.63, 3.8) is 0 Å². The first-order chi connectivity index (χ1) is 63.9. The molecule has 0 unspecified atom stereocenters. The summed E-state index contributed by atoms with van der Waals surface area (Å²) in [7, 11) is 0. The predicted octanol–water partition coefficient (Wildman–Crippen LogP) is 37.6. The first-order valence-electron chi connectivity index (χ1n) is 48.9. The maximum absolute atomic E-state index is 2.46. The van der Waals surface area contributed by atoms with E-state index in [9.17, 15) is 0 Å². The van der Waals surface area contributed by atoms with Gasteiger partial charge in [0.2, 0.25) is 0 Å². The second-order valence-electron chi connectivity index (χ2n) is 37.9. The first kappa shape index (κ1) is 82.9. The maximum atomic E-state index is 2.46. The molecule has 5 fully saturated rings. The van der Waals surface area contributed by atoms with E-state index in [4.69, 9.17) is 0 Å². The molecular weight excluding hydrogens is 1560 g/mol. The molecule has 0 amide bonds. The molecule has 0 heterocycles. The lowest BCUT2D eigenvalue weighted by Crippen LogP contribution is -2.11. The summed E-state index contributed by atoms with van der Waals surface area (Å²) in [5.74, 6) is 3.57. The van der Waals surface area contributed by atoms with Gasteiger partial charge in [0.25, 0.3) is 0 Å². The van der Waals surface area contributed by atoms with Gasteiger partial charge in [-0.3, -0.25) is 0 Å². The second kappa shape index (κ2) is 38.9. The maximum Gasteiger partial charge on any atom is 0.0468 e. The van der Waals surface area contributed by atoms with Gasteiger partial charge in [0.05, 0.1) is 0 Å². The van der Waals surface area contributed by atoms with Crippen molar-refractivity contribution in [3.05, 3.63) is 416 Å². The van der Waals surface area contributed by atoms with Gasteiger partial charge in [-0.15, -0.1) is 0 Å². The standard InChI is InChI=1S/2C44H43N.C38H33N/c1-3-9-32(10-4-1)35-19-24-42(25-20-35)45(43-26-21-36(22-27-43)33-11-5-2-6-12-33)44-28-23-37-16-18-40(30-41(37)31-44)39-17-15-34-13-7-8-14-38(34)29-39;1-3-9-32(10-4-1)35-19-24-42(25-20-35)45(43-26-21-36(22-27-43)33-11-5-2-6-12-33)44-28-23-40-30-39(17-18-41(40)31-44)38-16-15-34-13-7-8-14-37(34)29-38;1-3-9-28(10-4-1)30-19-22-37(23-20-30)39(36-13-5-2-6-14-36)38-24-21-31-16-18-34(26-35(31)27-38)33-17-15-29-11-7-8-12-32(29)25-33/h2*7-8,13-33H,1-6,9-12H2;2,5-8,11-28H,1,3-4,9-10H2. The Labute approximate surface area is 764 Å². The van der Waals surface area contributed by atoms with Crippen LogP contribution in [0.15, 0.2) is 388 Å². The van der Waals surface area contributed by atoms with Crippen LogP contribution in [0, 0.1) is 0 Å². The number of para-hydroxylation sites is 1. The van der Waals surface area contributed by atoms with E-state index in [1.54, 1.807) is 0 Å². The quantitative estimate of drug-likeness (QED) is 0.0900. The second-order valence-corrected chi connectivity index (χ2v) is 37.9. The van der Waals surface area contributed by atoms with Crippen LogP contribution in [0.25, 0.3) is 98.0 Å². The Morgan fingerprint density at radius 1 is 0.124 bits per heavy atom. The van der Waals surface area contributed by atoms with E-state index in [-0.39, 0.29) is 0 Å². The van der Waals surface area contributed by atoms with Crippen molar-refractivity contribution in [2.24, 2.45) is 0 Å². The summed E-state index contributed by atoms with van der Waals surface area (Å²) in [4.78, 5) is 7.29. The molecule has 0 bridgehead atoms. The van der Waals surface area contributed by atoms with Gasteiger partial charge in [-0.1, -0.05) is 339 Å². The fourth-order valence-corrected chi connectivity index (χ4v) is 22.3. The summed E-state index contributed by atoms with van der Waals surface area (Å²) in [6, 6.07) is 146. The van der Waals surface area contributed by atoms with E-state index in [1.807, 2.05) is 0 Å². The highest BCUT2D eigenvalue weighted by Gasteiger charge is 2.25. The Morgan fingerprint density at radius 3 is 0.558 bits per heavy atom. The lowest BCUT2D eigenvalue weighted by atomic mass is 9.84. The topological polar surface area (TPSA) is 9.72 Å². The van der Waals surface area contributed by atoms with Crippen LogP contribution in [-0.2, 0) is 0 Å². The fourth-order valence-electron chi connectivity index (χ4n) is 22.3. The predicted molar refractivity (Wildman–Crippen MR) is 554 cm³/mol. The van der Waals surface area contributed by atoms with Crippen LogP contribution in [0.5, 0.6) is 0 Å². The highest BCUT2D eigenvalue weighted by Crippen LogP contribution is 2.47. The monoisotopic (exact) mass is 1670 g/mol. The number of nitrogens with zero attached hydrogens (tertiary/aromatic N) is 3. The van der Waals surface area contributed by atoms with Gasteiger partial charge in [0.15, 0.2) is 0 Å². The summed E-state index contributed by atoms with van der Waals surface area (Å²) in [6.07, 6.45) is 33.9. The Kier molecular flexibility index (Phi) is 25.0. The summed E-state index contributed by atoms with van der Waals surface area (Å²) < 4.78 is 0. The zero-order valence-corrected chi connectivity index (χ0v) is 74.9. The van der Waals surface area contributed by atoms with Gasteiger partial charge >= 0.3 is 0 Å². The number of hydrogen-bond acceptors (Lipinski definition) is 3. The van der Waals surface area contributed by atoms with Gasteiger partial charge in [-0.05, 0) is 365 Å².